The molecule has 0 amide bonds. The summed E-state index contributed by atoms with van der Waals surface area (Å²) in [4.78, 5) is 66.3. The molecule has 0 fully saturated rings. The molecule has 0 radical (unpaired) electrons. The Balaban J connectivity index is 4.45. The second-order valence-corrected chi connectivity index (χ2v) is 10.2. The minimum Gasteiger partial charge on any atom is -0.298 e. The summed E-state index contributed by atoms with van der Waals surface area (Å²) < 4.78 is 0. The highest BCUT2D eigenvalue weighted by atomic mass is 17.2. The first-order valence-corrected chi connectivity index (χ1v) is 10.3. The molecule has 0 atom stereocenters. The molecule has 10 nitrogen and oxygen atoms in total. The van der Waals surface area contributed by atoms with Crippen molar-refractivity contribution in [1.82, 2.24) is 4.90 Å². The summed E-state index contributed by atoms with van der Waals surface area (Å²) >= 11 is 0. The SMILES string of the molecule is CC(C)(C)C(=O)OOCCN(CCOOC(=O)C(C)(C)C)CCOOC(=O)C(C)(C)C. The summed E-state index contributed by atoms with van der Waals surface area (Å²) in [5.41, 5.74) is -2.01. The van der Waals surface area contributed by atoms with Crippen LogP contribution >= 0.6 is 0 Å². The average molecular weight is 450 g/mol. The van der Waals surface area contributed by atoms with Crippen molar-refractivity contribution in [3.05, 3.63) is 0 Å². The summed E-state index contributed by atoms with van der Waals surface area (Å²) in [6.07, 6.45) is 0. The van der Waals surface area contributed by atoms with Crippen molar-refractivity contribution in [2.75, 3.05) is 39.5 Å². The van der Waals surface area contributed by atoms with E-state index < -0.39 is 34.2 Å². The number of hydrogen-bond acceptors (Lipinski definition) is 10. The molecule has 0 aliphatic rings. The van der Waals surface area contributed by atoms with E-state index in [0.29, 0.717) is 19.6 Å². The first-order chi connectivity index (χ1) is 14.0. The molecular formula is C21H39NO9. The minimum absolute atomic E-state index is 0.103. The van der Waals surface area contributed by atoms with Gasteiger partial charge in [-0.3, -0.25) is 19.6 Å². The van der Waals surface area contributed by atoms with Crippen LogP contribution in [-0.4, -0.2) is 62.3 Å². The van der Waals surface area contributed by atoms with Crippen molar-refractivity contribution < 1.29 is 43.7 Å². The summed E-state index contributed by atoms with van der Waals surface area (Å²) in [6, 6.07) is 0. The molecule has 0 aliphatic carbocycles. The molecule has 0 bridgehead atoms. The molecule has 0 unspecified atom stereocenters. The van der Waals surface area contributed by atoms with Crippen LogP contribution in [0.5, 0.6) is 0 Å². The number of nitrogens with zero attached hydrogens (tertiary/aromatic N) is 1. The maximum absolute atomic E-state index is 11.7. The Bertz CT molecular complexity index is 490. The second kappa shape index (κ2) is 12.9. The lowest BCUT2D eigenvalue weighted by Crippen LogP contribution is -2.35. The number of hydrogen-bond donors (Lipinski definition) is 0. The Morgan fingerprint density at radius 2 is 0.742 bits per heavy atom. The van der Waals surface area contributed by atoms with Crippen LogP contribution in [-0.2, 0) is 43.7 Å². The van der Waals surface area contributed by atoms with Crippen molar-refractivity contribution in [1.29, 1.82) is 0 Å². The van der Waals surface area contributed by atoms with Crippen LogP contribution in [0.15, 0.2) is 0 Å². The van der Waals surface area contributed by atoms with Gasteiger partial charge in [-0.15, -0.1) is 0 Å². The van der Waals surface area contributed by atoms with Crippen molar-refractivity contribution >= 4 is 17.9 Å². The molecule has 0 saturated carbocycles. The van der Waals surface area contributed by atoms with Gasteiger partial charge in [0.2, 0.25) is 0 Å². The Labute approximate surface area is 185 Å². The van der Waals surface area contributed by atoms with Crippen molar-refractivity contribution in [3.8, 4) is 0 Å². The molecule has 0 rings (SSSR count). The molecule has 0 heterocycles. The van der Waals surface area contributed by atoms with Gasteiger partial charge in [0, 0.05) is 19.6 Å². The van der Waals surface area contributed by atoms with E-state index in [0.717, 1.165) is 0 Å². The third kappa shape index (κ3) is 14.0. The van der Waals surface area contributed by atoms with Gasteiger partial charge < -0.3 is 0 Å². The predicted molar refractivity (Wildman–Crippen MR) is 111 cm³/mol. The van der Waals surface area contributed by atoms with Crippen LogP contribution < -0.4 is 0 Å². The van der Waals surface area contributed by atoms with Gasteiger partial charge in [-0.1, -0.05) is 0 Å². The van der Waals surface area contributed by atoms with E-state index in [2.05, 4.69) is 0 Å². The smallest absolute Gasteiger partial charge is 0.298 e. The minimum atomic E-state index is -0.671. The van der Waals surface area contributed by atoms with Gasteiger partial charge in [0.25, 0.3) is 0 Å². The van der Waals surface area contributed by atoms with Gasteiger partial charge in [0.1, 0.15) is 19.8 Å². The van der Waals surface area contributed by atoms with E-state index in [4.69, 9.17) is 29.3 Å². The standard InChI is InChI=1S/C21H39NO9/c1-19(2,3)16(23)29-26-13-10-22(11-14-27-30-17(24)20(4,5)6)12-15-28-31-18(25)21(7,8)9/h10-15H2,1-9H3. The summed E-state index contributed by atoms with van der Waals surface area (Å²) in [6.45, 7) is 16.9. The lowest BCUT2D eigenvalue weighted by atomic mass is 9.98. The normalized spacial score (nSPS) is 12.6. The highest BCUT2D eigenvalue weighted by molar-refractivity contribution is 5.75. The lowest BCUT2D eigenvalue weighted by molar-refractivity contribution is -0.289. The van der Waals surface area contributed by atoms with E-state index in [1.807, 2.05) is 4.90 Å². The molecule has 0 aliphatic heterocycles. The fraction of sp³-hybridized carbons (Fsp3) is 0.857. The zero-order valence-corrected chi connectivity index (χ0v) is 20.4. The molecule has 0 aromatic carbocycles. The number of carbonyl (C=O) groups excluding carboxylic acids is 3. The second-order valence-electron chi connectivity index (χ2n) is 10.2. The van der Waals surface area contributed by atoms with E-state index in [9.17, 15) is 14.4 Å². The monoisotopic (exact) mass is 449 g/mol. The number of rotatable bonds is 12. The summed E-state index contributed by atoms with van der Waals surface area (Å²) in [5, 5.41) is 0. The lowest BCUT2D eigenvalue weighted by Gasteiger charge is -2.22. The predicted octanol–water partition coefficient (Wildman–Crippen LogP) is 2.85. The molecule has 0 N–H and O–H groups in total. The van der Waals surface area contributed by atoms with Crippen LogP contribution in [0, 0.1) is 16.2 Å². The van der Waals surface area contributed by atoms with Crippen molar-refractivity contribution in [2.24, 2.45) is 16.2 Å². The Morgan fingerprint density at radius 3 is 0.935 bits per heavy atom. The van der Waals surface area contributed by atoms with Crippen LogP contribution in [0.2, 0.25) is 0 Å². The first-order valence-electron chi connectivity index (χ1n) is 10.3. The largest absolute Gasteiger partial charge is 0.347 e. The van der Waals surface area contributed by atoms with Crippen molar-refractivity contribution in [3.63, 3.8) is 0 Å². The zero-order valence-electron chi connectivity index (χ0n) is 20.4. The van der Waals surface area contributed by atoms with Gasteiger partial charge in [0.05, 0.1) is 16.2 Å². The van der Waals surface area contributed by atoms with E-state index in [1.165, 1.54) is 0 Å². The third-order valence-corrected chi connectivity index (χ3v) is 3.71. The Morgan fingerprint density at radius 1 is 0.516 bits per heavy atom. The maximum atomic E-state index is 11.7. The highest BCUT2D eigenvalue weighted by Gasteiger charge is 2.26. The molecule has 31 heavy (non-hydrogen) atoms. The van der Waals surface area contributed by atoms with Crippen LogP contribution in [0.4, 0.5) is 0 Å². The highest BCUT2D eigenvalue weighted by Crippen LogP contribution is 2.16. The first kappa shape index (κ1) is 29.2. The molecule has 0 aromatic heterocycles. The third-order valence-electron chi connectivity index (χ3n) is 3.71. The molecule has 0 spiro atoms. The van der Waals surface area contributed by atoms with Gasteiger partial charge in [-0.25, -0.2) is 14.4 Å². The van der Waals surface area contributed by atoms with Crippen LogP contribution in [0.25, 0.3) is 0 Å². The Hall–Kier alpha value is -1.75. The topological polar surface area (TPSA) is 110 Å². The van der Waals surface area contributed by atoms with Crippen LogP contribution in [0.3, 0.4) is 0 Å². The van der Waals surface area contributed by atoms with Gasteiger partial charge >= 0.3 is 17.9 Å². The molecular weight excluding hydrogens is 410 g/mol. The number of carbonyl (C=O) groups is 3. The van der Waals surface area contributed by atoms with E-state index in [1.54, 1.807) is 62.3 Å². The quantitative estimate of drug-likeness (QED) is 0.250. The van der Waals surface area contributed by atoms with Crippen molar-refractivity contribution in [2.45, 2.75) is 62.3 Å². The fourth-order valence-corrected chi connectivity index (χ4v) is 1.50. The maximum Gasteiger partial charge on any atom is 0.347 e. The fourth-order valence-electron chi connectivity index (χ4n) is 1.50. The molecule has 10 heteroatoms. The average Bonchev–Trinajstić information content (AvgIpc) is 2.61. The van der Waals surface area contributed by atoms with Gasteiger partial charge in [-0.05, 0) is 62.3 Å². The van der Waals surface area contributed by atoms with Gasteiger partial charge in [0.15, 0.2) is 0 Å². The zero-order chi connectivity index (χ0) is 24.3. The summed E-state index contributed by atoms with van der Waals surface area (Å²) in [7, 11) is 0. The van der Waals surface area contributed by atoms with E-state index in [-0.39, 0.29) is 19.8 Å². The molecule has 0 saturated heterocycles. The van der Waals surface area contributed by atoms with Crippen LogP contribution in [0.1, 0.15) is 62.3 Å². The Kier molecular flexibility index (Phi) is 12.2. The molecule has 182 valence electrons. The summed E-state index contributed by atoms with van der Waals surface area (Å²) in [5.74, 6) is -1.43. The molecule has 0 aromatic rings. The van der Waals surface area contributed by atoms with Gasteiger partial charge in [-0.2, -0.15) is 14.7 Å². The van der Waals surface area contributed by atoms with E-state index >= 15 is 0 Å².